The molecule has 0 atom stereocenters. The highest BCUT2D eigenvalue weighted by Gasteiger charge is 2.02. The number of hydrogen-bond donors (Lipinski definition) is 0. The lowest BCUT2D eigenvalue weighted by Crippen LogP contribution is -1.94. The monoisotopic (exact) mass is 249 g/mol. The summed E-state index contributed by atoms with van der Waals surface area (Å²) in [4.78, 5) is 4.24. The first-order valence-electron chi connectivity index (χ1n) is 6.71. The second kappa shape index (κ2) is 7.32. The lowest BCUT2D eigenvalue weighted by atomic mass is 10.1. The number of hydrogen-bond acceptors (Lipinski definition) is 1. The maximum absolute atomic E-state index is 4.24. The van der Waals surface area contributed by atoms with Gasteiger partial charge in [0.1, 0.15) is 0 Å². The van der Waals surface area contributed by atoms with Gasteiger partial charge in [-0.2, -0.15) is 0 Å². The second-order valence-corrected chi connectivity index (χ2v) is 4.37. The van der Waals surface area contributed by atoms with E-state index in [0.29, 0.717) is 0 Å². The number of aliphatic imine (C=N–C) groups is 1. The molecule has 0 aromatic heterocycles. The van der Waals surface area contributed by atoms with Crippen molar-refractivity contribution < 1.29 is 0 Å². The number of allylic oxidation sites excluding steroid dienone is 1. The minimum atomic E-state index is 0.976. The second-order valence-electron chi connectivity index (χ2n) is 4.37. The molecule has 0 radical (unpaired) electrons. The van der Waals surface area contributed by atoms with Crippen LogP contribution < -0.4 is 0 Å². The molecule has 19 heavy (non-hydrogen) atoms. The highest BCUT2D eigenvalue weighted by Crippen LogP contribution is 2.09. The SMILES string of the molecule is C1=CN=C(c2ccccc2)C1.CCc1ccccc1. The molecule has 0 N–H and O–H groups in total. The first-order chi connectivity index (χ1) is 9.40. The van der Waals surface area contributed by atoms with Gasteiger partial charge in [0, 0.05) is 12.6 Å². The van der Waals surface area contributed by atoms with Crippen LogP contribution in [0.5, 0.6) is 0 Å². The average Bonchev–Trinajstić information content (AvgIpc) is 3.04. The van der Waals surface area contributed by atoms with Gasteiger partial charge in [-0.15, -0.1) is 0 Å². The molecule has 1 heterocycles. The van der Waals surface area contributed by atoms with E-state index < -0.39 is 0 Å². The summed E-state index contributed by atoms with van der Waals surface area (Å²) in [5.74, 6) is 0. The Balaban J connectivity index is 0.000000148. The average molecular weight is 249 g/mol. The standard InChI is InChI=1S/C10H9N.C8H10/c1-2-5-9(6-3-1)10-7-4-8-11-10;1-2-8-6-4-3-5-7-8/h1-6,8H,7H2;3-7H,2H2,1H3. The van der Waals surface area contributed by atoms with Gasteiger partial charge in [-0.25, -0.2) is 0 Å². The quantitative estimate of drug-likeness (QED) is 0.735. The van der Waals surface area contributed by atoms with Crippen molar-refractivity contribution in [3.05, 3.63) is 84.1 Å². The molecule has 0 bridgehead atoms. The summed E-state index contributed by atoms with van der Waals surface area (Å²) < 4.78 is 0. The molecule has 0 saturated heterocycles. The molecule has 0 spiro atoms. The molecule has 1 aliphatic heterocycles. The third kappa shape index (κ3) is 4.22. The topological polar surface area (TPSA) is 12.4 Å². The van der Waals surface area contributed by atoms with Crippen molar-refractivity contribution in [2.45, 2.75) is 19.8 Å². The molecule has 1 aliphatic rings. The van der Waals surface area contributed by atoms with Crippen molar-refractivity contribution in [1.29, 1.82) is 0 Å². The Hall–Kier alpha value is -2.15. The van der Waals surface area contributed by atoms with Crippen molar-refractivity contribution in [3.8, 4) is 0 Å². The first-order valence-corrected chi connectivity index (χ1v) is 6.71. The molecule has 2 aromatic rings. The molecule has 0 aliphatic carbocycles. The van der Waals surface area contributed by atoms with Gasteiger partial charge in [-0.05, 0) is 17.5 Å². The summed E-state index contributed by atoms with van der Waals surface area (Å²) in [6, 6.07) is 20.7. The summed E-state index contributed by atoms with van der Waals surface area (Å²) in [6.45, 7) is 2.16. The summed E-state index contributed by atoms with van der Waals surface area (Å²) in [6.07, 6.45) is 6.05. The largest absolute Gasteiger partial charge is 0.261 e. The Kier molecular flexibility index (Phi) is 5.12. The van der Waals surface area contributed by atoms with Gasteiger partial charge in [-0.1, -0.05) is 73.7 Å². The third-order valence-electron chi connectivity index (χ3n) is 3.01. The molecule has 2 aromatic carbocycles. The maximum atomic E-state index is 4.24. The Morgan fingerprint density at radius 1 is 0.895 bits per heavy atom. The smallest absolute Gasteiger partial charge is 0.0513 e. The molecular weight excluding hydrogens is 230 g/mol. The van der Waals surface area contributed by atoms with Crippen LogP contribution in [0, 0.1) is 0 Å². The zero-order valence-corrected chi connectivity index (χ0v) is 11.3. The van der Waals surface area contributed by atoms with Gasteiger partial charge in [0.05, 0.1) is 5.71 Å². The van der Waals surface area contributed by atoms with E-state index in [9.17, 15) is 0 Å². The van der Waals surface area contributed by atoms with Crippen LogP contribution in [0.25, 0.3) is 0 Å². The van der Waals surface area contributed by atoms with Crippen molar-refractivity contribution in [2.75, 3.05) is 0 Å². The van der Waals surface area contributed by atoms with Gasteiger partial charge in [-0.3, -0.25) is 4.99 Å². The van der Waals surface area contributed by atoms with Crippen LogP contribution in [0.4, 0.5) is 0 Å². The van der Waals surface area contributed by atoms with Crippen LogP contribution in [0.15, 0.2) is 77.9 Å². The van der Waals surface area contributed by atoms with E-state index in [2.05, 4.69) is 54.4 Å². The van der Waals surface area contributed by atoms with Crippen LogP contribution in [0.1, 0.15) is 24.5 Å². The fourth-order valence-corrected chi connectivity index (χ4v) is 1.90. The van der Waals surface area contributed by atoms with E-state index in [1.54, 1.807) is 0 Å². The van der Waals surface area contributed by atoms with Gasteiger partial charge < -0.3 is 0 Å². The molecule has 1 nitrogen and oxygen atoms in total. The van der Waals surface area contributed by atoms with Crippen LogP contribution in [0.2, 0.25) is 0 Å². The van der Waals surface area contributed by atoms with E-state index in [0.717, 1.165) is 12.8 Å². The molecular formula is C18H19N. The summed E-state index contributed by atoms with van der Waals surface area (Å²) in [7, 11) is 0. The zero-order chi connectivity index (χ0) is 13.3. The van der Waals surface area contributed by atoms with E-state index in [4.69, 9.17) is 0 Å². The van der Waals surface area contributed by atoms with Crippen LogP contribution >= 0.6 is 0 Å². The molecule has 0 amide bonds. The van der Waals surface area contributed by atoms with Gasteiger partial charge in [0.2, 0.25) is 0 Å². The van der Waals surface area contributed by atoms with Crippen LogP contribution in [-0.4, -0.2) is 5.71 Å². The van der Waals surface area contributed by atoms with Crippen LogP contribution in [0.3, 0.4) is 0 Å². The maximum Gasteiger partial charge on any atom is 0.0513 e. The fraction of sp³-hybridized carbons (Fsp3) is 0.167. The first kappa shape index (κ1) is 13.3. The number of benzene rings is 2. The van der Waals surface area contributed by atoms with Gasteiger partial charge in [0.15, 0.2) is 0 Å². The van der Waals surface area contributed by atoms with Crippen LogP contribution in [-0.2, 0) is 6.42 Å². The predicted molar refractivity (Wildman–Crippen MR) is 82.6 cm³/mol. The lowest BCUT2D eigenvalue weighted by Gasteiger charge is -1.97. The summed E-state index contributed by atoms with van der Waals surface area (Å²) >= 11 is 0. The Morgan fingerprint density at radius 3 is 2.00 bits per heavy atom. The number of nitrogens with zero attached hydrogens (tertiary/aromatic N) is 1. The predicted octanol–water partition coefficient (Wildman–Crippen LogP) is 4.64. The molecule has 96 valence electrons. The number of rotatable bonds is 2. The van der Waals surface area contributed by atoms with E-state index in [1.165, 1.54) is 16.8 Å². The molecule has 3 rings (SSSR count). The summed E-state index contributed by atoms with van der Waals surface area (Å²) in [5, 5.41) is 0. The zero-order valence-electron chi connectivity index (χ0n) is 11.3. The Bertz CT molecular complexity index is 538. The normalized spacial score (nSPS) is 12.6. The van der Waals surface area contributed by atoms with E-state index >= 15 is 0 Å². The number of aryl methyl sites for hydroxylation is 1. The fourth-order valence-electron chi connectivity index (χ4n) is 1.90. The van der Waals surface area contributed by atoms with Crippen molar-refractivity contribution in [2.24, 2.45) is 4.99 Å². The highest BCUT2D eigenvalue weighted by atomic mass is 14.7. The van der Waals surface area contributed by atoms with E-state index in [-0.39, 0.29) is 0 Å². The molecule has 0 saturated carbocycles. The summed E-state index contributed by atoms with van der Waals surface area (Å²) in [5.41, 5.74) is 3.82. The highest BCUT2D eigenvalue weighted by molar-refractivity contribution is 6.02. The molecule has 1 heteroatoms. The minimum absolute atomic E-state index is 0.976. The molecule has 0 unspecified atom stereocenters. The Labute approximate surface area is 115 Å². The van der Waals surface area contributed by atoms with E-state index in [1.807, 2.05) is 30.5 Å². The van der Waals surface area contributed by atoms with Crippen molar-refractivity contribution >= 4 is 5.71 Å². The molecule has 0 fully saturated rings. The lowest BCUT2D eigenvalue weighted by molar-refractivity contribution is 1.14. The Morgan fingerprint density at radius 2 is 1.53 bits per heavy atom. The van der Waals surface area contributed by atoms with Gasteiger partial charge >= 0.3 is 0 Å². The third-order valence-corrected chi connectivity index (χ3v) is 3.01. The minimum Gasteiger partial charge on any atom is -0.261 e. The van der Waals surface area contributed by atoms with Crippen molar-refractivity contribution in [3.63, 3.8) is 0 Å². The van der Waals surface area contributed by atoms with Gasteiger partial charge in [0.25, 0.3) is 0 Å². The van der Waals surface area contributed by atoms with Crippen molar-refractivity contribution in [1.82, 2.24) is 0 Å².